The van der Waals surface area contributed by atoms with Crippen LogP contribution in [-0.4, -0.2) is 31.2 Å². The number of hydrogen-bond acceptors (Lipinski definition) is 2. The van der Waals surface area contributed by atoms with E-state index in [1.807, 2.05) is 0 Å². The summed E-state index contributed by atoms with van der Waals surface area (Å²) in [6.45, 7) is 15.7. The van der Waals surface area contributed by atoms with E-state index >= 15 is 0 Å². The van der Waals surface area contributed by atoms with Crippen molar-refractivity contribution in [2.75, 3.05) is 0 Å². The Bertz CT molecular complexity index is 241. The summed E-state index contributed by atoms with van der Waals surface area (Å²) < 4.78 is 5.18. The van der Waals surface area contributed by atoms with E-state index in [-0.39, 0.29) is 0 Å². The van der Waals surface area contributed by atoms with Crippen LogP contribution in [0.3, 0.4) is 0 Å². The fourth-order valence-electron chi connectivity index (χ4n) is 2.07. The summed E-state index contributed by atoms with van der Waals surface area (Å²) in [7, 11) is 0. The molecule has 0 spiro atoms. The van der Waals surface area contributed by atoms with Crippen LogP contribution in [0.1, 0.15) is 0 Å². The normalized spacial score (nSPS) is 20.5. The second kappa shape index (κ2) is 7.00. The average Bonchev–Trinajstić information content (AvgIpc) is 2.17. The Hall–Kier alpha value is 1.26. The second-order valence-electron chi connectivity index (χ2n) is 4.00. The van der Waals surface area contributed by atoms with E-state index in [4.69, 9.17) is 0 Å². The van der Waals surface area contributed by atoms with Crippen molar-refractivity contribution in [3.05, 3.63) is 50.6 Å². The fraction of sp³-hybridized carbons (Fsp3) is 0.333. The SMILES string of the molecule is C=C[CH2][Sn]1([CH2]C=C)[S][Sn]([CH2]C=C)([CH2]C=C)[S]1. The Morgan fingerprint density at radius 3 is 1.06 bits per heavy atom. The molecular formula is C12H20S2Sn2. The Balaban J connectivity index is 2.69. The maximum absolute atomic E-state index is 3.92. The first-order valence-corrected chi connectivity index (χ1v) is 29.2. The maximum atomic E-state index is 3.92. The van der Waals surface area contributed by atoms with Gasteiger partial charge in [-0.15, -0.1) is 0 Å². The average molecular weight is 466 g/mol. The van der Waals surface area contributed by atoms with Gasteiger partial charge in [0.05, 0.1) is 0 Å². The zero-order valence-electron chi connectivity index (χ0n) is 9.78. The van der Waals surface area contributed by atoms with Crippen molar-refractivity contribution in [1.29, 1.82) is 0 Å². The molecular weight excluding hydrogens is 446 g/mol. The molecule has 0 N–H and O–H groups in total. The van der Waals surface area contributed by atoms with E-state index in [1.165, 1.54) is 17.7 Å². The number of allylic oxidation sites excluding steroid dienone is 4. The van der Waals surface area contributed by atoms with Crippen LogP contribution in [0.15, 0.2) is 50.6 Å². The van der Waals surface area contributed by atoms with Crippen LogP contribution in [0.25, 0.3) is 0 Å². The van der Waals surface area contributed by atoms with Crippen LogP contribution < -0.4 is 0 Å². The minimum atomic E-state index is -1.93. The van der Waals surface area contributed by atoms with Gasteiger partial charge in [0.2, 0.25) is 0 Å². The minimum absolute atomic E-state index is 1.29. The first-order valence-electron chi connectivity index (χ1n) is 5.50. The third-order valence-corrected chi connectivity index (χ3v) is 167. The summed E-state index contributed by atoms with van der Waals surface area (Å²) >= 11 is -3.86. The van der Waals surface area contributed by atoms with Gasteiger partial charge in [-0.2, -0.15) is 0 Å². The van der Waals surface area contributed by atoms with E-state index in [0.717, 1.165) is 0 Å². The molecule has 1 heterocycles. The first-order chi connectivity index (χ1) is 7.66. The Morgan fingerprint density at radius 1 is 0.625 bits per heavy atom. The van der Waals surface area contributed by atoms with E-state index in [2.05, 4.69) is 62.9 Å². The molecule has 0 amide bonds. The van der Waals surface area contributed by atoms with Crippen molar-refractivity contribution >= 4 is 43.5 Å². The summed E-state index contributed by atoms with van der Waals surface area (Å²) in [5, 5.41) is 0. The summed E-state index contributed by atoms with van der Waals surface area (Å²) in [5.41, 5.74) is 0. The van der Waals surface area contributed by atoms with Crippen LogP contribution in [0.5, 0.6) is 0 Å². The van der Waals surface area contributed by atoms with E-state index < -0.39 is 31.2 Å². The summed E-state index contributed by atoms with van der Waals surface area (Å²) in [5.74, 6) is 0. The predicted molar refractivity (Wildman–Crippen MR) is 86.7 cm³/mol. The number of rotatable bonds is 8. The standard InChI is InChI=1S/4C3H5.2S.2Sn/c4*1-3-2;;;;/h4*3H,1-2H2;;;;. The third-order valence-electron chi connectivity index (χ3n) is 2.57. The van der Waals surface area contributed by atoms with Gasteiger partial charge in [-0.1, -0.05) is 0 Å². The van der Waals surface area contributed by atoms with Crippen LogP contribution in [-0.2, 0) is 0 Å². The molecule has 0 aromatic heterocycles. The van der Waals surface area contributed by atoms with Crippen LogP contribution >= 0.6 is 12.3 Å². The quantitative estimate of drug-likeness (QED) is 0.361. The summed E-state index contributed by atoms with van der Waals surface area (Å²) in [6.07, 6.45) is 13.5. The van der Waals surface area contributed by atoms with Crippen molar-refractivity contribution in [1.82, 2.24) is 0 Å². The molecule has 0 saturated carbocycles. The van der Waals surface area contributed by atoms with E-state index in [0.29, 0.717) is 0 Å². The van der Waals surface area contributed by atoms with Crippen molar-refractivity contribution in [2.24, 2.45) is 0 Å². The molecule has 0 atom stereocenters. The fourth-order valence-corrected chi connectivity index (χ4v) is 226. The predicted octanol–water partition coefficient (Wildman–Crippen LogP) is 5.09. The van der Waals surface area contributed by atoms with Crippen LogP contribution in [0.4, 0.5) is 0 Å². The molecule has 0 radical (unpaired) electrons. The molecule has 16 heavy (non-hydrogen) atoms. The zero-order chi connectivity index (χ0) is 12.1. The van der Waals surface area contributed by atoms with E-state index in [1.54, 1.807) is 0 Å². The van der Waals surface area contributed by atoms with Gasteiger partial charge in [-0.3, -0.25) is 0 Å². The summed E-state index contributed by atoms with van der Waals surface area (Å²) in [4.78, 5) is 0. The molecule has 0 aromatic carbocycles. The molecule has 0 bridgehead atoms. The molecule has 0 nitrogen and oxygen atoms in total. The Kier molecular flexibility index (Phi) is 6.70. The molecule has 0 aliphatic carbocycles. The van der Waals surface area contributed by atoms with Gasteiger partial charge in [0.15, 0.2) is 0 Å². The van der Waals surface area contributed by atoms with Gasteiger partial charge in [0, 0.05) is 0 Å². The van der Waals surface area contributed by atoms with Gasteiger partial charge in [-0.25, -0.2) is 0 Å². The van der Waals surface area contributed by atoms with Crippen LogP contribution in [0, 0.1) is 0 Å². The third kappa shape index (κ3) is 3.62. The van der Waals surface area contributed by atoms with E-state index in [9.17, 15) is 0 Å². The monoisotopic (exact) mass is 468 g/mol. The van der Waals surface area contributed by atoms with Crippen LogP contribution in [0.2, 0.25) is 17.7 Å². The molecule has 1 fully saturated rings. The Morgan fingerprint density at radius 2 is 0.875 bits per heavy atom. The summed E-state index contributed by atoms with van der Waals surface area (Å²) in [6, 6.07) is 0. The van der Waals surface area contributed by atoms with Crippen molar-refractivity contribution < 1.29 is 0 Å². The second-order valence-corrected chi connectivity index (χ2v) is 70.8. The van der Waals surface area contributed by atoms with Crippen molar-refractivity contribution in [3.8, 4) is 0 Å². The molecule has 1 saturated heterocycles. The van der Waals surface area contributed by atoms with Crippen molar-refractivity contribution in [2.45, 2.75) is 17.7 Å². The molecule has 0 unspecified atom stereocenters. The zero-order valence-corrected chi connectivity index (χ0v) is 17.1. The molecule has 1 aliphatic heterocycles. The molecule has 88 valence electrons. The van der Waals surface area contributed by atoms with Gasteiger partial charge < -0.3 is 0 Å². The molecule has 4 heteroatoms. The van der Waals surface area contributed by atoms with Gasteiger partial charge in [0.1, 0.15) is 0 Å². The Labute approximate surface area is 110 Å². The van der Waals surface area contributed by atoms with Crippen molar-refractivity contribution in [3.63, 3.8) is 0 Å². The van der Waals surface area contributed by atoms with Gasteiger partial charge >= 0.3 is 112 Å². The topological polar surface area (TPSA) is 0 Å². The number of hydrogen-bond donors (Lipinski definition) is 0. The van der Waals surface area contributed by atoms with Gasteiger partial charge in [0.25, 0.3) is 0 Å². The first kappa shape index (κ1) is 15.3. The molecule has 1 rings (SSSR count). The van der Waals surface area contributed by atoms with Gasteiger partial charge in [-0.05, 0) is 0 Å². The molecule has 1 aliphatic rings. The molecule has 0 aromatic rings.